The summed E-state index contributed by atoms with van der Waals surface area (Å²) < 4.78 is 5.36. The van der Waals surface area contributed by atoms with Crippen LogP contribution in [0.15, 0.2) is 34.9 Å². The van der Waals surface area contributed by atoms with Gasteiger partial charge in [0.25, 0.3) is 5.91 Å². The molecule has 0 aliphatic heterocycles. The first-order chi connectivity index (χ1) is 8.47. The van der Waals surface area contributed by atoms with Crippen molar-refractivity contribution in [2.45, 2.75) is 19.4 Å². The van der Waals surface area contributed by atoms with Crippen molar-refractivity contribution in [3.05, 3.63) is 36.1 Å². The molecule has 2 aromatic rings. The van der Waals surface area contributed by atoms with Gasteiger partial charge in [-0.3, -0.25) is 4.79 Å². The number of nitrogens with zero attached hydrogens (tertiary/aromatic N) is 1. The average molecular weight is 247 g/mol. The minimum absolute atomic E-state index is 0.0922. The zero-order chi connectivity index (χ0) is 13.3. The molecule has 18 heavy (non-hydrogen) atoms. The van der Waals surface area contributed by atoms with Gasteiger partial charge in [0.2, 0.25) is 0 Å². The zero-order valence-electron chi connectivity index (χ0n) is 10.8. The number of furan rings is 1. The van der Waals surface area contributed by atoms with E-state index in [1.54, 1.807) is 7.05 Å². The standard InChI is InChI=1S/C14H17NO3/c1-14(2,9-16)15(3)13(17)11-8-18-12-7-5-4-6-10(11)12/h4-8,16H,9H2,1-3H3. The third-order valence-corrected chi connectivity index (χ3v) is 3.31. The van der Waals surface area contributed by atoms with Crippen LogP contribution in [0.3, 0.4) is 0 Å². The summed E-state index contributed by atoms with van der Waals surface area (Å²) in [6.45, 7) is 3.53. The fourth-order valence-electron chi connectivity index (χ4n) is 1.71. The molecule has 0 unspecified atom stereocenters. The normalized spacial score (nSPS) is 11.8. The van der Waals surface area contributed by atoms with Gasteiger partial charge in [-0.05, 0) is 19.9 Å². The molecule has 1 N–H and O–H groups in total. The number of para-hydroxylation sites is 1. The third-order valence-electron chi connectivity index (χ3n) is 3.31. The Morgan fingerprint density at radius 2 is 2.06 bits per heavy atom. The maximum atomic E-state index is 12.4. The van der Waals surface area contributed by atoms with E-state index in [2.05, 4.69) is 0 Å². The number of aliphatic hydroxyl groups excluding tert-OH is 1. The average Bonchev–Trinajstić information content (AvgIpc) is 2.80. The fraction of sp³-hybridized carbons (Fsp3) is 0.357. The quantitative estimate of drug-likeness (QED) is 0.905. The highest BCUT2D eigenvalue weighted by atomic mass is 16.3. The van der Waals surface area contributed by atoms with Crippen LogP contribution in [0.4, 0.5) is 0 Å². The molecular formula is C14H17NO3. The number of fused-ring (bicyclic) bond motifs is 1. The van der Waals surface area contributed by atoms with Gasteiger partial charge in [-0.25, -0.2) is 0 Å². The van der Waals surface area contributed by atoms with Crippen LogP contribution in [0.25, 0.3) is 11.0 Å². The van der Waals surface area contributed by atoms with Crippen LogP contribution >= 0.6 is 0 Å². The van der Waals surface area contributed by atoms with E-state index < -0.39 is 5.54 Å². The lowest BCUT2D eigenvalue weighted by Crippen LogP contribution is -2.47. The lowest BCUT2D eigenvalue weighted by atomic mass is 10.0. The van der Waals surface area contributed by atoms with E-state index in [0.29, 0.717) is 11.1 Å². The van der Waals surface area contributed by atoms with Gasteiger partial charge >= 0.3 is 0 Å². The Bertz CT molecular complexity index is 571. The Hall–Kier alpha value is -1.81. The smallest absolute Gasteiger partial charge is 0.258 e. The van der Waals surface area contributed by atoms with Gasteiger partial charge in [-0.2, -0.15) is 0 Å². The molecule has 1 aromatic carbocycles. The summed E-state index contributed by atoms with van der Waals surface area (Å²) in [5.41, 5.74) is 0.612. The molecule has 0 radical (unpaired) electrons. The van der Waals surface area contributed by atoms with E-state index in [1.165, 1.54) is 11.2 Å². The number of hydrogen-bond donors (Lipinski definition) is 1. The summed E-state index contributed by atoms with van der Waals surface area (Å²) in [5.74, 6) is -0.154. The van der Waals surface area contributed by atoms with Gasteiger partial charge in [0, 0.05) is 12.4 Å². The minimum atomic E-state index is -0.602. The number of carbonyl (C=O) groups excluding carboxylic acids is 1. The number of rotatable bonds is 3. The second kappa shape index (κ2) is 4.46. The van der Waals surface area contributed by atoms with Crippen LogP contribution in [-0.4, -0.2) is 35.1 Å². The van der Waals surface area contributed by atoms with Gasteiger partial charge in [-0.15, -0.1) is 0 Å². The predicted molar refractivity (Wildman–Crippen MR) is 69.5 cm³/mol. The molecule has 0 aliphatic carbocycles. The van der Waals surface area contributed by atoms with E-state index in [9.17, 15) is 9.90 Å². The molecule has 0 spiro atoms. The van der Waals surface area contributed by atoms with Crippen molar-refractivity contribution in [1.29, 1.82) is 0 Å². The second-order valence-electron chi connectivity index (χ2n) is 4.98. The van der Waals surface area contributed by atoms with Crippen molar-refractivity contribution >= 4 is 16.9 Å². The van der Waals surface area contributed by atoms with E-state index >= 15 is 0 Å². The molecule has 0 bridgehead atoms. The number of amides is 1. The molecule has 4 nitrogen and oxygen atoms in total. The molecule has 1 amide bonds. The first-order valence-corrected chi connectivity index (χ1v) is 5.82. The van der Waals surface area contributed by atoms with Crippen LogP contribution in [-0.2, 0) is 0 Å². The van der Waals surface area contributed by atoms with Gasteiger partial charge in [0.05, 0.1) is 17.7 Å². The summed E-state index contributed by atoms with van der Waals surface area (Å²) in [4.78, 5) is 13.9. The molecule has 4 heteroatoms. The van der Waals surface area contributed by atoms with Crippen molar-refractivity contribution in [1.82, 2.24) is 4.90 Å². The topological polar surface area (TPSA) is 53.7 Å². The van der Waals surface area contributed by atoms with Gasteiger partial charge in [0.1, 0.15) is 11.8 Å². The monoisotopic (exact) mass is 247 g/mol. The summed E-state index contributed by atoms with van der Waals surface area (Å²) in [5, 5.41) is 10.1. The highest BCUT2D eigenvalue weighted by Crippen LogP contribution is 2.24. The van der Waals surface area contributed by atoms with Crippen molar-refractivity contribution in [2.24, 2.45) is 0 Å². The van der Waals surface area contributed by atoms with E-state index in [-0.39, 0.29) is 12.5 Å². The highest BCUT2D eigenvalue weighted by molar-refractivity contribution is 6.06. The Kier molecular flexibility index (Phi) is 3.13. The summed E-state index contributed by atoms with van der Waals surface area (Å²) in [7, 11) is 1.68. The second-order valence-corrected chi connectivity index (χ2v) is 4.98. The van der Waals surface area contributed by atoms with E-state index in [0.717, 1.165) is 5.39 Å². The molecule has 0 saturated heterocycles. The summed E-state index contributed by atoms with van der Waals surface area (Å²) in [6, 6.07) is 7.41. The number of hydrogen-bond acceptors (Lipinski definition) is 3. The third kappa shape index (κ3) is 1.99. The van der Waals surface area contributed by atoms with E-state index in [1.807, 2.05) is 38.1 Å². The Balaban J connectivity index is 2.40. The van der Waals surface area contributed by atoms with Crippen LogP contribution in [0.1, 0.15) is 24.2 Å². The van der Waals surface area contributed by atoms with Crippen molar-refractivity contribution < 1.29 is 14.3 Å². The number of likely N-dealkylation sites (N-methyl/N-ethyl adjacent to an activating group) is 1. The van der Waals surface area contributed by atoms with Crippen LogP contribution in [0.5, 0.6) is 0 Å². The first-order valence-electron chi connectivity index (χ1n) is 5.82. The van der Waals surface area contributed by atoms with E-state index in [4.69, 9.17) is 4.42 Å². The first kappa shape index (κ1) is 12.6. The molecule has 1 aromatic heterocycles. The van der Waals surface area contributed by atoms with Gasteiger partial charge in [0.15, 0.2) is 0 Å². The van der Waals surface area contributed by atoms with Crippen molar-refractivity contribution in [3.63, 3.8) is 0 Å². The van der Waals surface area contributed by atoms with Crippen LogP contribution in [0, 0.1) is 0 Å². The Labute approximate surface area is 106 Å². The Morgan fingerprint density at radius 1 is 1.39 bits per heavy atom. The molecule has 0 aliphatic rings. The largest absolute Gasteiger partial charge is 0.463 e. The molecule has 0 saturated carbocycles. The summed E-state index contributed by atoms with van der Waals surface area (Å²) in [6.07, 6.45) is 1.47. The van der Waals surface area contributed by atoms with Gasteiger partial charge < -0.3 is 14.4 Å². The maximum absolute atomic E-state index is 12.4. The SMILES string of the molecule is CN(C(=O)c1coc2ccccc12)C(C)(C)CO. The molecule has 96 valence electrons. The van der Waals surface area contributed by atoms with Crippen molar-refractivity contribution in [2.75, 3.05) is 13.7 Å². The number of carbonyl (C=O) groups is 1. The molecule has 2 rings (SSSR count). The lowest BCUT2D eigenvalue weighted by molar-refractivity contribution is 0.0474. The highest BCUT2D eigenvalue weighted by Gasteiger charge is 2.29. The molecule has 0 atom stereocenters. The number of aliphatic hydroxyl groups is 1. The molecular weight excluding hydrogens is 230 g/mol. The predicted octanol–water partition coefficient (Wildman–Crippen LogP) is 2.28. The summed E-state index contributed by atoms with van der Waals surface area (Å²) >= 11 is 0. The Morgan fingerprint density at radius 3 is 2.72 bits per heavy atom. The van der Waals surface area contributed by atoms with Crippen LogP contribution in [0.2, 0.25) is 0 Å². The number of benzene rings is 1. The minimum Gasteiger partial charge on any atom is -0.463 e. The lowest BCUT2D eigenvalue weighted by Gasteiger charge is -2.33. The fourth-order valence-corrected chi connectivity index (χ4v) is 1.71. The van der Waals surface area contributed by atoms with Crippen molar-refractivity contribution in [3.8, 4) is 0 Å². The zero-order valence-corrected chi connectivity index (χ0v) is 10.8. The van der Waals surface area contributed by atoms with Crippen LogP contribution < -0.4 is 0 Å². The molecule has 0 fully saturated rings. The molecule has 1 heterocycles. The maximum Gasteiger partial charge on any atom is 0.258 e. The van der Waals surface area contributed by atoms with Gasteiger partial charge in [-0.1, -0.05) is 18.2 Å².